The van der Waals surface area contributed by atoms with Crippen LogP contribution >= 0.6 is 0 Å². The fourth-order valence-corrected chi connectivity index (χ4v) is 2.04. The Morgan fingerprint density at radius 1 is 1.44 bits per heavy atom. The van der Waals surface area contributed by atoms with E-state index < -0.39 is 5.54 Å². The van der Waals surface area contributed by atoms with E-state index in [0.717, 1.165) is 6.54 Å². The molecular weight excluding hydrogens is 204 g/mol. The summed E-state index contributed by atoms with van der Waals surface area (Å²) in [6, 6.07) is 10.1. The summed E-state index contributed by atoms with van der Waals surface area (Å²) in [7, 11) is 1.37. The number of carbonyl (C=O) groups is 1. The molecular formula is C12H16N2O2. The summed E-state index contributed by atoms with van der Waals surface area (Å²) in [4.78, 5) is 13.5. The molecule has 1 aromatic rings. The topological polar surface area (TPSA) is 55.6 Å². The summed E-state index contributed by atoms with van der Waals surface area (Å²) < 4.78 is 4.67. The first kappa shape index (κ1) is 11.1. The van der Waals surface area contributed by atoms with Crippen LogP contribution in [-0.2, 0) is 16.1 Å². The maximum atomic E-state index is 11.3. The lowest BCUT2D eigenvalue weighted by molar-refractivity contribution is -0.154. The predicted molar refractivity (Wildman–Crippen MR) is 60.7 cm³/mol. The van der Waals surface area contributed by atoms with Crippen molar-refractivity contribution in [2.45, 2.75) is 12.1 Å². The van der Waals surface area contributed by atoms with Gasteiger partial charge in [-0.25, -0.2) is 4.79 Å². The zero-order valence-corrected chi connectivity index (χ0v) is 9.35. The smallest absolute Gasteiger partial charge is 0.328 e. The molecule has 0 spiro atoms. The first-order chi connectivity index (χ1) is 7.64. The van der Waals surface area contributed by atoms with Gasteiger partial charge in [0.15, 0.2) is 0 Å². The second-order valence-electron chi connectivity index (χ2n) is 4.28. The second-order valence-corrected chi connectivity index (χ2v) is 4.28. The Kier molecular flexibility index (Phi) is 2.94. The highest BCUT2D eigenvalue weighted by Gasteiger charge is 2.46. The van der Waals surface area contributed by atoms with Gasteiger partial charge >= 0.3 is 5.97 Å². The number of nitrogens with two attached hydrogens (primary N) is 1. The third-order valence-electron chi connectivity index (χ3n) is 2.85. The average Bonchev–Trinajstić information content (AvgIpc) is 2.27. The van der Waals surface area contributed by atoms with Crippen LogP contribution in [0.1, 0.15) is 5.56 Å². The second kappa shape index (κ2) is 4.23. The summed E-state index contributed by atoms with van der Waals surface area (Å²) in [5.74, 6) is -0.322. The number of likely N-dealkylation sites (tertiary alicyclic amines) is 1. The lowest BCUT2D eigenvalue weighted by Crippen LogP contribution is -2.71. The van der Waals surface area contributed by atoms with Crippen LogP contribution in [-0.4, -0.2) is 36.6 Å². The maximum absolute atomic E-state index is 11.3. The molecule has 1 aliphatic heterocycles. The van der Waals surface area contributed by atoms with E-state index in [1.165, 1.54) is 12.7 Å². The molecule has 0 atom stereocenters. The van der Waals surface area contributed by atoms with Crippen LogP contribution in [0.3, 0.4) is 0 Å². The fraction of sp³-hybridized carbons (Fsp3) is 0.417. The Hall–Kier alpha value is -1.39. The third kappa shape index (κ3) is 2.08. The summed E-state index contributed by atoms with van der Waals surface area (Å²) in [5, 5.41) is 0. The molecule has 0 unspecified atom stereocenters. The number of hydrogen-bond donors (Lipinski definition) is 1. The SMILES string of the molecule is COC(=O)C1(N)CN(Cc2ccccc2)C1. The van der Waals surface area contributed by atoms with Gasteiger partial charge < -0.3 is 10.5 Å². The molecule has 0 aromatic heterocycles. The van der Waals surface area contributed by atoms with E-state index in [4.69, 9.17) is 5.73 Å². The molecule has 1 aromatic carbocycles. The Labute approximate surface area is 95.0 Å². The van der Waals surface area contributed by atoms with Gasteiger partial charge in [0.25, 0.3) is 0 Å². The van der Waals surface area contributed by atoms with Gasteiger partial charge in [-0.05, 0) is 5.56 Å². The molecule has 2 rings (SSSR count). The van der Waals surface area contributed by atoms with Gasteiger partial charge in [-0.2, -0.15) is 0 Å². The van der Waals surface area contributed by atoms with E-state index in [1.807, 2.05) is 18.2 Å². The van der Waals surface area contributed by atoms with Crippen molar-refractivity contribution in [2.24, 2.45) is 5.73 Å². The van der Waals surface area contributed by atoms with Crippen LogP contribution < -0.4 is 5.73 Å². The van der Waals surface area contributed by atoms with Gasteiger partial charge in [0.2, 0.25) is 0 Å². The van der Waals surface area contributed by atoms with Gasteiger partial charge in [0, 0.05) is 19.6 Å². The number of rotatable bonds is 3. The predicted octanol–water partition coefficient (Wildman–Crippen LogP) is 0.373. The molecule has 1 fully saturated rings. The number of benzene rings is 1. The molecule has 0 saturated carbocycles. The molecule has 86 valence electrons. The van der Waals surface area contributed by atoms with Crippen molar-refractivity contribution in [2.75, 3.05) is 20.2 Å². The summed E-state index contributed by atoms with van der Waals surface area (Å²) in [6.07, 6.45) is 0. The molecule has 4 heteroatoms. The molecule has 0 amide bonds. The Morgan fingerprint density at radius 2 is 2.06 bits per heavy atom. The van der Waals surface area contributed by atoms with E-state index in [0.29, 0.717) is 13.1 Å². The van der Waals surface area contributed by atoms with Crippen molar-refractivity contribution in [3.05, 3.63) is 35.9 Å². The van der Waals surface area contributed by atoms with Gasteiger partial charge in [0.1, 0.15) is 5.54 Å². The molecule has 1 saturated heterocycles. The Morgan fingerprint density at radius 3 is 2.62 bits per heavy atom. The minimum absolute atomic E-state index is 0.322. The van der Waals surface area contributed by atoms with E-state index in [-0.39, 0.29) is 5.97 Å². The first-order valence-corrected chi connectivity index (χ1v) is 5.28. The Bertz CT molecular complexity index is 372. The van der Waals surface area contributed by atoms with Crippen molar-refractivity contribution in [1.82, 2.24) is 4.90 Å². The van der Waals surface area contributed by atoms with Crippen LogP contribution in [0, 0.1) is 0 Å². The zero-order valence-electron chi connectivity index (χ0n) is 9.35. The van der Waals surface area contributed by atoms with Crippen molar-refractivity contribution < 1.29 is 9.53 Å². The molecule has 0 aliphatic carbocycles. The number of methoxy groups -OCH3 is 1. The highest BCUT2D eigenvalue weighted by Crippen LogP contribution is 2.21. The van der Waals surface area contributed by atoms with E-state index >= 15 is 0 Å². The summed E-state index contributed by atoms with van der Waals surface area (Å²) in [5.41, 5.74) is 6.31. The third-order valence-corrected chi connectivity index (χ3v) is 2.85. The molecule has 0 bridgehead atoms. The minimum Gasteiger partial charge on any atom is -0.468 e. The van der Waals surface area contributed by atoms with Crippen LogP contribution in [0.4, 0.5) is 0 Å². The highest BCUT2D eigenvalue weighted by atomic mass is 16.5. The summed E-state index contributed by atoms with van der Waals surface area (Å²) in [6.45, 7) is 1.96. The van der Waals surface area contributed by atoms with Crippen LogP contribution in [0.15, 0.2) is 30.3 Å². The normalized spacial score (nSPS) is 18.9. The molecule has 16 heavy (non-hydrogen) atoms. The van der Waals surface area contributed by atoms with Gasteiger partial charge in [0.05, 0.1) is 7.11 Å². The van der Waals surface area contributed by atoms with Crippen molar-refractivity contribution in [3.8, 4) is 0 Å². The number of ether oxygens (including phenoxy) is 1. The lowest BCUT2D eigenvalue weighted by Gasteiger charge is -2.45. The standard InChI is InChI=1S/C12H16N2O2/c1-16-11(15)12(13)8-14(9-12)7-10-5-3-2-4-6-10/h2-6H,7-9,13H2,1H3. The van der Waals surface area contributed by atoms with Crippen molar-refractivity contribution in [1.29, 1.82) is 0 Å². The average molecular weight is 220 g/mol. The number of esters is 1. The molecule has 2 N–H and O–H groups in total. The minimum atomic E-state index is -0.802. The van der Waals surface area contributed by atoms with Crippen molar-refractivity contribution in [3.63, 3.8) is 0 Å². The zero-order chi connectivity index (χ0) is 11.6. The molecule has 0 radical (unpaired) electrons. The van der Waals surface area contributed by atoms with Crippen molar-refractivity contribution >= 4 is 5.97 Å². The number of nitrogens with zero attached hydrogens (tertiary/aromatic N) is 1. The number of hydrogen-bond acceptors (Lipinski definition) is 4. The van der Waals surface area contributed by atoms with Crippen LogP contribution in [0.5, 0.6) is 0 Å². The van der Waals surface area contributed by atoms with E-state index in [9.17, 15) is 4.79 Å². The Balaban J connectivity index is 1.87. The lowest BCUT2D eigenvalue weighted by atomic mass is 9.90. The van der Waals surface area contributed by atoms with Crippen LogP contribution in [0.25, 0.3) is 0 Å². The van der Waals surface area contributed by atoms with Gasteiger partial charge in [-0.1, -0.05) is 30.3 Å². The quantitative estimate of drug-likeness (QED) is 0.748. The monoisotopic (exact) mass is 220 g/mol. The molecule has 1 aliphatic rings. The van der Waals surface area contributed by atoms with Gasteiger partial charge in [-0.15, -0.1) is 0 Å². The molecule has 4 nitrogen and oxygen atoms in total. The van der Waals surface area contributed by atoms with Gasteiger partial charge in [-0.3, -0.25) is 4.90 Å². The fourth-order valence-electron chi connectivity index (χ4n) is 2.04. The van der Waals surface area contributed by atoms with E-state index in [2.05, 4.69) is 21.8 Å². The first-order valence-electron chi connectivity index (χ1n) is 5.28. The number of carbonyl (C=O) groups excluding carboxylic acids is 1. The molecule has 1 heterocycles. The summed E-state index contributed by atoms with van der Waals surface area (Å²) >= 11 is 0. The van der Waals surface area contributed by atoms with Crippen LogP contribution in [0.2, 0.25) is 0 Å². The largest absolute Gasteiger partial charge is 0.468 e. The van der Waals surface area contributed by atoms with E-state index in [1.54, 1.807) is 0 Å². The highest BCUT2D eigenvalue weighted by molar-refractivity contribution is 5.82. The maximum Gasteiger partial charge on any atom is 0.328 e.